The fourth-order valence-corrected chi connectivity index (χ4v) is 4.29. The van der Waals surface area contributed by atoms with Crippen LogP contribution in [-0.4, -0.2) is 46.7 Å². The van der Waals surface area contributed by atoms with Crippen LogP contribution in [0.2, 0.25) is 0 Å². The number of carbonyl (C=O) groups is 2. The third kappa shape index (κ3) is 4.69. The third-order valence-electron chi connectivity index (χ3n) is 6.04. The van der Waals surface area contributed by atoms with Crippen LogP contribution in [0.4, 0.5) is 4.39 Å². The summed E-state index contributed by atoms with van der Waals surface area (Å²) in [4.78, 5) is 34.1. The molecule has 4 rings (SSSR count). The molecule has 1 aromatic heterocycles. The van der Waals surface area contributed by atoms with Crippen LogP contribution in [0.3, 0.4) is 0 Å². The van der Waals surface area contributed by atoms with Gasteiger partial charge in [-0.2, -0.15) is 0 Å². The lowest BCUT2D eigenvalue weighted by Gasteiger charge is -2.36. The first kappa shape index (κ1) is 21.7. The Balaban J connectivity index is 1.45. The Bertz CT molecular complexity index is 1010. The molecule has 3 aromatic rings. The van der Waals surface area contributed by atoms with Crippen LogP contribution in [-0.2, 0) is 4.79 Å². The monoisotopic (exact) mass is 431 g/mol. The molecule has 1 saturated heterocycles. The molecular formula is C26H26FN3O2. The highest BCUT2D eigenvalue weighted by Gasteiger charge is 2.33. The van der Waals surface area contributed by atoms with Crippen molar-refractivity contribution in [1.82, 2.24) is 14.8 Å². The highest BCUT2D eigenvalue weighted by Crippen LogP contribution is 2.30. The fraction of sp³-hybridized carbons (Fsp3) is 0.269. The molecule has 1 fully saturated rings. The van der Waals surface area contributed by atoms with Crippen LogP contribution >= 0.6 is 0 Å². The molecule has 0 spiro atoms. The molecule has 0 bridgehead atoms. The van der Waals surface area contributed by atoms with Crippen molar-refractivity contribution in [2.24, 2.45) is 5.92 Å². The van der Waals surface area contributed by atoms with Gasteiger partial charge in [-0.3, -0.25) is 14.6 Å². The maximum absolute atomic E-state index is 13.4. The number of rotatable bonds is 5. The van der Waals surface area contributed by atoms with Gasteiger partial charge in [0, 0.05) is 37.8 Å². The van der Waals surface area contributed by atoms with E-state index >= 15 is 0 Å². The first-order chi connectivity index (χ1) is 15.5. The number of benzene rings is 2. The summed E-state index contributed by atoms with van der Waals surface area (Å²) in [7, 11) is 1.82. The molecule has 0 saturated carbocycles. The lowest BCUT2D eigenvalue weighted by molar-refractivity contribution is -0.137. The molecule has 1 aliphatic rings. The maximum Gasteiger partial charge on any atom is 0.253 e. The van der Waals surface area contributed by atoms with Gasteiger partial charge in [0.15, 0.2) is 0 Å². The zero-order chi connectivity index (χ0) is 22.5. The SMILES string of the molecule is CN(C(=O)C1CCN(C(=O)c2ccc(F)cc2)CC1)C(c1ccccc1)c1ccccn1. The van der Waals surface area contributed by atoms with E-state index in [1.165, 1.54) is 24.3 Å². The van der Waals surface area contributed by atoms with Crippen molar-refractivity contribution in [3.05, 3.63) is 102 Å². The molecule has 6 heteroatoms. The molecule has 164 valence electrons. The summed E-state index contributed by atoms with van der Waals surface area (Å²) in [6.07, 6.45) is 2.93. The van der Waals surface area contributed by atoms with Gasteiger partial charge in [0.05, 0.1) is 11.7 Å². The molecule has 1 unspecified atom stereocenters. The summed E-state index contributed by atoms with van der Waals surface area (Å²) in [5.41, 5.74) is 2.29. The fourth-order valence-electron chi connectivity index (χ4n) is 4.29. The van der Waals surface area contributed by atoms with Gasteiger partial charge in [0.1, 0.15) is 5.82 Å². The number of likely N-dealkylation sites (tertiary alicyclic amines) is 1. The van der Waals surface area contributed by atoms with Gasteiger partial charge in [-0.05, 0) is 54.8 Å². The van der Waals surface area contributed by atoms with Crippen molar-refractivity contribution < 1.29 is 14.0 Å². The van der Waals surface area contributed by atoms with Gasteiger partial charge in [-0.15, -0.1) is 0 Å². The summed E-state index contributed by atoms with van der Waals surface area (Å²) < 4.78 is 13.1. The minimum atomic E-state index is -0.366. The summed E-state index contributed by atoms with van der Waals surface area (Å²) in [5, 5.41) is 0. The number of halogens is 1. The highest BCUT2D eigenvalue weighted by molar-refractivity contribution is 5.94. The Morgan fingerprint density at radius 1 is 0.969 bits per heavy atom. The van der Waals surface area contributed by atoms with Crippen molar-refractivity contribution in [2.75, 3.05) is 20.1 Å². The standard InChI is InChI=1S/C26H26FN3O2/c1-29(24(19-7-3-2-4-8-19)23-9-5-6-16-28-23)25(31)21-14-17-30(18-15-21)26(32)20-10-12-22(27)13-11-20/h2-13,16,21,24H,14-15,17-18H2,1H3. The molecule has 32 heavy (non-hydrogen) atoms. The number of amides is 2. The molecule has 0 aliphatic carbocycles. The Morgan fingerprint density at radius 3 is 2.25 bits per heavy atom. The summed E-state index contributed by atoms with van der Waals surface area (Å²) in [6.45, 7) is 1.00. The second-order valence-corrected chi connectivity index (χ2v) is 8.09. The van der Waals surface area contributed by atoms with Gasteiger partial charge < -0.3 is 9.80 Å². The average Bonchev–Trinajstić information content (AvgIpc) is 2.85. The predicted octanol–water partition coefficient (Wildman–Crippen LogP) is 4.32. The Labute approximate surface area is 187 Å². The Kier molecular flexibility index (Phi) is 6.59. The molecule has 0 N–H and O–H groups in total. The number of pyridine rings is 1. The zero-order valence-corrected chi connectivity index (χ0v) is 18.0. The summed E-state index contributed by atoms with van der Waals surface area (Å²) >= 11 is 0. The molecule has 2 heterocycles. The Morgan fingerprint density at radius 2 is 1.62 bits per heavy atom. The largest absolute Gasteiger partial charge is 0.339 e. The molecule has 1 aliphatic heterocycles. The lowest BCUT2D eigenvalue weighted by Crippen LogP contribution is -2.44. The molecular weight excluding hydrogens is 405 g/mol. The van der Waals surface area contributed by atoms with Crippen LogP contribution in [0.25, 0.3) is 0 Å². The molecule has 5 nitrogen and oxygen atoms in total. The molecule has 2 aromatic carbocycles. The normalized spacial score (nSPS) is 15.2. The van der Waals surface area contributed by atoms with E-state index in [9.17, 15) is 14.0 Å². The van der Waals surface area contributed by atoms with Crippen molar-refractivity contribution >= 4 is 11.8 Å². The minimum Gasteiger partial charge on any atom is -0.339 e. The summed E-state index contributed by atoms with van der Waals surface area (Å²) in [6, 6.07) is 20.9. The van der Waals surface area contributed by atoms with Gasteiger partial charge in [0.25, 0.3) is 5.91 Å². The second kappa shape index (κ2) is 9.73. The van der Waals surface area contributed by atoms with Crippen LogP contribution < -0.4 is 0 Å². The maximum atomic E-state index is 13.4. The topological polar surface area (TPSA) is 53.5 Å². The number of hydrogen-bond acceptors (Lipinski definition) is 3. The van der Waals surface area contributed by atoms with Crippen molar-refractivity contribution in [1.29, 1.82) is 0 Å². The molecule has 2 amide bonds. The van der Waals surface area contributed by atoms with Crippen molar-refractivity contribution in [3.63, 3.8) is 0 Å². The summed E-state index contributed by atoms with van der Waals surface area (Å²) in [5.74, 6) is -0.597. The number of piperidine rings is 1. The van der Waals surface area contributed by atoms with Crippen LogP contribution in [0, 0.1) is 11.7 Å². The zero-order valence-electron chi connectivity index (χ0n) is 18.0. The number of hydrogen-bond donors (Lipinski definition) is 0. The van der Waals surface area contributed by atoms with E-state index in [0.29, 0.717) is 31.5 Å². The van der Waals surface area contributed by atoms with Gasteiger partial charge in [-0.1, -0.05) is 36.4 Å². The smallest absolute Gasteiger partial charge is 0.253 e. The van der Waals surface area contributed by atoms with Crippen LogP contribution in [0.5, 0.6) is 0 Å². The van der Waals surface area contributed by atoms with E-state index in [4.69, 9.17) is 0 Å². The highest BCUT2D eigenvalue weighted by atomic mass is 19.1. The van der Waals surface area contributed by atoms with E-state index < -0.39 is 0 Å². The van der Waals surface area contributed by atoms with Crippen LogP contribution in [0.1, 0.15) is 40.5 Å². The van der Waals surface area contributed by atoms with Gasteiger partial charge >= 0.3 is 0 Å². The number of carbonyl (C=O) groups excluding carboxylic acids is 2. The molecule has 1 atom stereocenters. The minimum absolute atomic E-state index is 0.0541. The van der Waals surface area contributed by atoms with E-state index in [1.54, 1.807) is 16.0 Å². The van der Waals surface area contributed by atoms with Crippen LogP contribution in [0.15, 0.2) is 79.0 Å². The first-order valence-electron chi connectivity index (χ1n) is 10.8. The van der Waals surface area contributed by atoms with E-state index in [0.717, 1.165) is 11.3 Å². The third-order valence-corrected chi connectivity index (χ3v) is 6.04. The lowest BCUT2D eigenvalue weighted by atomic mass is 9.93. The predicted molar refractivity (Wildman–Crippen MR) is 120 cm³/mol. The van der Waals surface area contributed by atoms with Crippen molar-refractivity contribution in [2.45, 2.75) is 18.9 Å². The average molecular weight is 432 g/mol. The second-order valence-electron chi connectivity index (χ2n) is 8.09. The Hall–Kier alpha value is -3.54. The van der Waals surface area contributed by atoms with Gasteiger partial charge in [0.2, 0.25) is 5.91 Å². The first-order valence-corrected chi connectivity index (χ1v) is 10.8. The quantitative estimate of drug-likeness (QED) is 0.605. The molecule has 0 radical (unpaired) electrons. The van der Waals surface area contributed by atoms with E-state index in [1.807, 2.05) is 55.6 Å². The van der Waals surface area contributed by atoms with E-state index in [2.05, 4.69) is 4.98 Å². The van der Waals surface area contributed by atoms with E-state index in [-0.39, 0.29) is 29.6 Å². The number of nitrogens with zero attached hydrogens (tertiary/aromatic N) is 3. The number of aromatic nitrogens is 1. The van der Waals surface area contributed by atoms with Crippen molar-refractivity contribution in [3.8, 4) is 0 Å². The van der Waals surface area contributed by atoms with Gasteiger partial charge in [-0.25, -0.2) is 4.39 Å².